The summed E-state index contributed by atoms with van der Waals surface area (Å²) in [4.78, 5) is 0. The van der Waals surface area contributed by atoms with Crippen LogP contribution in [0.5, 0.6) is 23.0 Å². The number of hydrogen-bond acceptors (Lipinski definition) is 4. The smallest absolute Gasteiger partial charge is 0.165 e. The molecule has 2 aromatic carbocycles. The summed E-state index contributed by atoms with van der Waals surface area (Å²) in [5.41, 5.74) is 0.983. The number of hydrogen-bond donors (Lipinski definition) is 2. The minimum Gasteiger partial charge on any atom is -0.504 e. The molecule has 0 spiro atoms. The van der Waals surface area contributed by atoms with E-state index in [9.17, 15) is 10.2 Å². The Morgan fingerprint density at radius 1 is 0.722 bits per heavy atom. The summed E-state index contributed by atoms with van der Waals surface area (Å²) in [6, 6.07) is 10.2. The van der Waals surface area contributed by atoms with Crippen molar-refractivity contribution in [3.63, 3.8) is 0 Å². The minimum absolute atomic E-state index is 0.0106. The van der Waals surface area contributed by atoms with Gasteiger partial charge in [-0.3, -0.25) is 0 Å². The Bertz CT molecular complexity index is 512. The second kappa shape index (κ2) is 4.87. The van der Waals surface area contributed by atoms with Gasteiger partial charge in [-0.2, -0.15) is 0 Å². The van der Waals surface area contributed by atoms with Crippen LogP contribution in [-0.2, 0) is 0 Å². The highest BCUT2D eigenvalue weighted by Gasteiger charge is 2.15. The fourth-order valence-corrected chi connectivity index (χ4v) is 1.81. The molecule has 0 bridgehead atoms. The van der Waals surface area contributed by atoms with Crippen molar-refractivity contribution in [2.24, 2.45) is 0 Å². The SMILES string of the molecule is COc1cccc(-c2cccc(OC)c2O)c1O. The maximum atomic E-state index is 10.1. The maximum absolute atomic E-state index is 10.1. The number of methoxy groups -OCH3 is 2. The molecule has 0 radical (unpaired) electrons. The van der Waals surface area contributed by atoms with Crippen LogP contribution in [0.15, 0.2) is 36.4 Å². The van der Waals surface area contributed by atoms with Gasteiger partial charge in [-0.15, -0.1) is 0 Å². The molecule has 0 aliphatic heterocycles. The average molecular weight is 246 g/mol. The van der Waals surface area contributed by atoms with E-state index < -0.39 is 0 Å². The van der Waals surface area contributed by atoms with Crippen LogP contribution in [0.2, 0.25) is 0 Å². The molecule has 0 amide bonds. The molecule has 0 unspecified atom stereocenters. The van der Waals surface area contributed by atoms with Crippen molar-refractivity contribution in [2.75, 3.05) is 14.2 Å². The van der Waals surface area contributed by atoms with Gasteiger partial charge in [-0.25, -0.2) is 0 Å². The number of phenolic OH excluding ortho intramolecular Hbond substituents is 2. The van der Waals surface area contributed by atoms with Crippen LogP contribution in [0.25, 0.3) is 11.1 Å². The Hall–Kier alpha value is -2.36. The molecule has 2 rings (SSSR count). The molecule has 0 atom stereocenters. The summed E-state index contributed by atoms with van der Waals surface area (Å²) in [5, 5.41) is 20.1. The van der Waals surface area contributed by atoms with Gasteiger partial charge in [0.1, 0.15) is 0 Å². The Morgan fingerprint density at radius 3 is 1.44 bits per heavy atom. The van der Waals surface area contributed by atoms with E-state index in [2.05, 4.69) is 0 Å². The summed E-state index contributed by atoms with van der Waals surface area (Å²) in [7, 11) is 2.95. The van der Waals surface area contributed by atoms with E-state index in [-0.39, 0.29) is 11.5 Å². The van der Waals surface area contributed by atoms with Gasteiger partial charge >= 0.3 is 0 Å². The van der Waals surface area contributed by atoms with E-state index in [4.69, 9.17) is 9.47 Å². The lowest BCUT2D eigenvalue weighted by atomic mass is 10.0. The van der Waals surface area contributed by atoms with Crippen molar-refractivity contribution in [3.8, 4) is 34.1 Å². The third-order valence-electron chi connectivity index (χ3n) is 2.73. The van der Waals surface area contributed by atoms with Crippen LogP contribution in [0.4, 0.5) is 0 Å². The standard InChI is InChI=1S/C14H14O4/c1-17-11-7-3-5-9(13(11)15)10-6-4-8-12(18-2)14(10)16/h3-8,15-16H,1-2H3. The fourth-order valence-electron chi connectivity index (χ4n) is 1.81. The first-order valence-electron chi connectivity index (χ1n) is 5.41. The highest BCUT2D eigenvalue weighted by molar-refractivity contribution is 5.79. The van der Waals surface area contributed by atoms with Gasteiger partial charge in [0.05, 0.1) is 14.2 Å². The van der Waals surface area contributed by atoms with Crippen molar-refractivity contribution in [3.05, 3.63) is 36.4 Å². The summed E-state index contributed by atoms with van der Waals surface area (Å²) in [6.07, 6.45) is 0. The van der Waals surface area contributed by atoms with Crippen LogP contribution < -0.4 is 9.47 Å². The Morgan fingerprint density at radius 2 is 1.11 bits per heavy atom. The molecular formula is C14H14O4. The number of phenols is 2. The van der Waals surface area contributed by atoms with Crippen molar-refractivity contribution < 1.29 is 19.7 Å². The number of benzene rings is 2. The van der Waals surface area contributed by atoms with Crippen molar-refractivity contribution in [2.45, 2.75) is 0 Å². The monoisotopic (exact) mass is 246 g/mol. The predicted octanol–water partition coefficient (Wildman–Crippen LogP) is 2.78. The number of ether oxygens (including phenoxy) is 2. The Balaban J connectivity index is 2.62. The van der Waals surface area contributed by atoms with Gasteiger partial charge < -0.3 is 19.7 Å². The summed E-state index contributed by atoms with van der Waals surface area (Å²) in [6.45, 7) is 0. The molecule has 0 aliphatic carbocycles. The van der Waals surface area contributed by atoms with Crippen LogP contribution in [-0.4, -0.2) is 24.4 Å². The molecule has 2 aromatic rings. The van der Waals surface area contributed by atoms with Crippen molar-refractivity contribution in [1.82, 2.24) is 0 Å². The quantitative estimate of drug-likeness (QED) is 0.874. The van der Waals surface area contributed by atoms with Gasteiger partial charge in [0.2, 0.25) is 0 Å². The molecule has 0 aliphatic rings. The lowest BCUT2D eigenvalue weighted by Gasteiger charge is -2.12. The first-order chi connectivity index (χ1) is 8.69. The molecule has 0 aromatic heterocycles. The van der Waals surface area contributed by atoms with Gasteiger partial charge in [-0.1, -0.05) is 24.3 Å². The second-order valence-corrected chi connectivity index (χ2v) is 3.71. The van der Waals surface area contributed by atoms with E-state index in [0.717, 1.165) is 0 Å². The Kier molecular flexibility index (Phi) is 3.28. The van der Waals surface area contributed by atoms with Crippen LogP contribution in [0.3, 0.4) is 0 Å². The van der Waals surface area contributed by atoms with Crippen LogP contribution in [0.1, 0.15) is 0 Å². The van der Waals surface area contributed by atoms with E-state index in [1.165, 1.54) is 14.2 Å². The van der Waals surface area contributed by atoms with Crippen molar-refractivity contribution >= 4 is 0 Å². The Labute approximate surface area is 105 Å². The highest BCUT2D eigenvalue weighted by Crippen LogP contribution is 2.43. The average Bonchev–Trinajstić information content (AvgIpc) is 2.40. The lowest BCUT2D eigenvalue weighted by molar-refractivity contribution is 0.371. The summed E-state index contributed by atoms with van der Waals surface area (Å²) in [5.74, 6) is 0.691. The molecule has 4 heteroatoms. The molecule has 94 valence electrons. The highest BCUT2D eigenvalue weighted by atomic mass is 16.5. The van der Waals surface area contributed by atoms with Crippen LogP contribution in [0, 0.1) is 0 Å². The summed E-state index contributed by atoms with van der Waals surface area (Å²) >= 11 is 0. The lowest BCUT2D eigenvalue weighted by Crippen LogP contribution is -1.89. The second-order valence-electron chi connectivity index (χ2n) is 3.71. The molecule has 0 saturated heterocycles. The molecule has 0 saturated carbocycles. The largest absolute Gasteiger partial charge is 0.504 e. The first kappa shape index (κ1) is 12.1. The number of aromatic hydroxyl groups is 2. The zero-order valence-electron chi connectivity index (χ0n) is 10.2. The van der Waals surface area contributed by atoms with E-state index in [0.29, 0.717) is 22.6 Å². The molecule has 18 heavy (non-hydrogen) atoms. The molecule has 0 heterocycles. The van der Waals surface area contributed by atoms with E-state index >= 15 is 0 Å². The molecule has 4 nitrogen and oxygen atoms in total. The maximum Gasteiger partial charge on any atom is 0.165 e. The minimum atomic E-state index is -0.0106. The molecular weight excluding hydrogens is 232 g/mol. The van der Waals surface area contributed by atoms with Gasteiger partial charge in [0.15, 0.2) is 23.0 Å². The van der Waals surface area contributed by atoms with Gasteiger partial charge in [-0.05, 0) is 12.1 Å². The molecule has 0 fully saturated rings. The van der Waals surface area contributed by atoms with Gasteiger partial charge in [0, 0.05) is 11.1 Å². The normalized spacial score (nSPS) is 10.1. The van der Waals surface area contributed by atoms with Crippen LogP contribution >= 0.6 is 0 Å². The zero-order valence-corrected chi connectivity index (χ0v) is 10.2. The van der Waals surface area contributed by atoms with Gasteiger partial charge in [0.25, 0.3) is 0 Å². The number of rotatable bonds is 3. The topological polar surface area (TPSA) is 58.9 Å². The third kappa shape index (κ3) is 1.93. The zero-order chi connectivity index (χ0) is 13.1. The molecule has 2 N–H and O–H groups in total. The van der Waals surface area contributed by atoms with E-state index in [1.807, 2.05) is 0 Å². The van der Waals surface area contributed by atoms with E-state index in [1.54, 1.807) is 36.4 Å². The third-order valence-corrected chi connectivity index (χ3v) is 2.73. The van der Waals surface area contributed by atoms with Crippen molar-refractivity contribution in [1.29, 1.82) is 0 Å². The predicted molar refractivity (Wildman–Crippen MR) is 68.3 cm³/mol. The fraction of sp³-hybridized carbons (Fsp3) is 0.143. The first-order valence-corrected chi connectivity index (χ1v) is 5.41. The number of para-hydroxylation sites is 2. The summed E-state index contributed by atoms with van der Waals surface area (Å²) < 4.78 is 10.1.